The minimum atomic E-state index is -0.0155. The molecule has 0 fully saturated rings. The van der Waals surface area contributed by atoms with Crippen molar-refractivity contribution in [2.24, 2.45) is 0 Å². The van der Waals surface area contributed by atoms with Gasteiger partial charge in [0.1, 0.15) is 11.3 Å². The molecule has 0 saturated heterocycles. The molecule has 0 N–H and O–H groups in total. The fraction of sp³-hybridized carbons (Fsp3) is 0.309. The van der Waals surface area contributed by atoms with E-state index in [2.05, 4.69) is 195 Å². The van der Waals surface area contributed by atoms with Gasteiger partial charge < -0.3 is 14.2 Å². The fourth-order valence-electron chi connectivity index (χ4n) is 10.4. The average molecular weight is 773 g/mol. The highest BCUT2D eigenvalue weighted by atomic mass is 16.3. The van der Waals surface area contributed by atoms with Gasteiger partial charge in [0, 0.05) is 45.1 Å². The lowest BCUT2D eigenvalue weighted by Crippen LogP contribution is -2.62. The molecule has 3 nitrogen and oxygen atoms in total. The highest BCUT2D eigenvalue weighted by Crippen LogP contribution is 2.54. The van der Waals surface area contributed by atoms with Crippen LogP contribution in [-0.2, 0) is 21.7 Å². The molecule has 1 aromatic heterocycles. The number of hydrogen-bond acceptors (Lipinski definition) is 3. The Bertz CT molecular complexity index is 2770. The van der Waals surface area contributed by atoms with E-state index in [1.165, 1.54) is 84.8 Å². The second kappa shape index (κ2) is 12.8. The summed E-state index contributed by atoms with van der Waals surface area (Å²) >= 11 is 0. The monoisotopic (exact) mass is 772 g/mol. The zero-order valence-corrected chi connectivity index (χ0v) is 36.8. The van der Waals surface area contributed by atoms with E-state index in [1.54, 1.807) is 0 Å². The standard InChI is InChI=1S/C55H57BN2O/c1-34-30-45-50-46(31-34)58(40-21-16-35(17-22-40)48-32-36-14-12-13-15-47(36)59-48)51-42(26-25-41-49(51)55(10,11)29-28-54(41,8)9)56(50)43-33-38(53(5,6)7)20-27-44(43)57(45)39-23-18-37(19-24-39)52(2,3)4/h12-27,30-33H,28-29H2,1-11H3. The van der Waals surface area contributed by atoms with E-state index in [0.717, 1.165) is 28.7 Å². The molecule has 7 aromatic rings. The number of rotatable bonds is 3. The maximum absolute atomic E-state index is 6.37. The molecule has 2 aliphatic heterocycles. The normalized spacial score (nSPS) is 16.4. The zero-order valence-electron chi connectivity index (χ0n) is 36.8. The molecule has 3 heterocycles. The Balaban J connectivity index is 1.27. The number of aryl methyl sites for hydroxylation is 1. The van der Waals surface area contributed by atoms with E-state index in [0.29, 0.717) is 0 Å². The summed E-state index contributed by atoms with van der Waals surface area (Å²) in [5, 5.41) is 1.12. The van der Waals surface area contributed by atoms with Crippen LogP contribution in [-0.4, -0.2) is 6.71 Å². The summed E-state index contributed by atoms with van der Waals surface area (Å²) < 4.78 is 6.37. The van der Waals surface area contributed by atoms with Crippen LogP contribution < -0.4 is 26.2 Å². The molecule has 0 amide bonds. The van der Waals surface area contributed by atoms with Crippen LogP contribution in [0, 0.1) is 6.92 Å². The SMILES string of the molecule is Cc1cc2c3c(c1)N(c1ccc(-c4cc5ccccc5o4)cc1)c1c(ccc4c1C(C)(C)CCC4(C)C)B3c1cc(C(C)(C)C)ccc1N2c1ccc(C(C)(C)C)cc1. The minimum absolute atomic E-state index is 0.00239. The Morgan fingerprint density at radius 3 is 1.86 bits per heavy atom. The Morgan fingerprint density at radius 2 is 1.19 bits per heavy atom. The molecule has 0 saturated carbocycles. The van der Waals surface area contributed by atoms with Crippen LogP contribution in [0.1, 0.15) is 110 Å². The third-order valence-corrected chi connectivity index (χ3v) is 13.8. The molecule has 1 aliphatic carbocycles. The maximum Gasteiger partial charge on any atom is 0.252 e. The summed E-state index contributed by atoms with van der Waals surface area (Å²) in [5.74, 6) is 0.893. The number of fused-ring (bicyclic) bond motifs is 7. The van der Waals surface area contributed by atoms with Gasteiger partial charge >= 0.3 is 0 Å². The van der Waals surface area contributed by atoms with Crippen LogP contribution >= 0.6 is 0 Å². The summed E-state index contributed by atoms with van der Waals surface area (Å²) in [5.41, 5.74) is 20.7. The average Bonchev–Trinajstić information content (AvgIpc) is 3.63. The molecule has 0 atom stereocenters. The lowest BCUT2D eigenvalue weighted by molar-refractivity contribution is 0.333. The molecule has 0 spiro atoms. The zero-order chi connectivity index (χ0) is 41.4. The molecular formula is C55H57BN2O. The van der Waals surface area contributed by atoms with Crippen molar-refractivity contribution < 1.29 is 4.42 Å². The molecule has 0 unspecified atom stereocenters. The Hall–Kier alpha value is -5.48. The summed E-state index contributed by atoms with van der Waals surface area (Å²) in [6.45, 7) is 26.1. The summed E-state index contributed by atoms with van der Waals surface area (Å²) in [6.07, 6.45) is 2.31. The van der Waals surface area contributed by atoms with Gasteiger partial charge in [0.2, 0.25) is 0 Å². The quantitative estimate of drug-likeness (QED) is 0.167. The van der Waals surface area contributed by atoms with Crippen molar-refractivity contribution in [2.75, 3.05) is 9.80 Å². The highest BCUT2D eigenvalue weighted by molar-refractivity contribution is 7.00. The predicted molar refractivity (Wildman–Crippen MR) is 253 cm³/mol. The number of para-hydroxylation sites is 1. The fourth-order valence-corrected chi connectivity index (χ4v) is 10.4. The lowest BCUT2D eigenvalue weighted by Gasteiger charge is -2.49. The summed E-state index contributed by atoms with van der Waals surface area (Å²) in [7, 11) is 0. The van der Waals surface area contributed by atoms with E-state index >= 15 is 0 Å². The topological polar surface area (TPSA) is 19.6 Å². The van der Waals surface area contributed by atoms with Crippen LogP contribution in [0.3, 0.4) is 0 Å². The van der Waals surface area contributed by atoms with Gasteiger partial charge in [0.25, 0.3) is 6.71 Å². The van der Waals surface area contributed by atoms with Gasteiger partial charge in [0.05, 0.1) is 0 Å². The van der Waals surface area contributed by atoms with Gasteiger partial charge in [-0.05, 0) is 152 Å². The Morgan fingerprint density at radius 1 is 0.576 bits per heavy atom. The molecule has 0 radical (unpaired) electrons. The van der Waals surface area contributed by atoms with Crippen LogP contribution in [0.2, 0.25) is 0 Å². The summed E-state index contributed by atoms with van der Waals surface area (Å²) in [4.78, 5) is 5.19. The van der Waals surface area contributed by atoms with Gasteiger partial charge in [-0.15, -0.1) is 0 Å². The summed E-state index contributed by atoms with van der Waals surface area (Å²) in [6, 6.07) is 46.1. The van der Waals surface area contributed by atoms with Crippen LogP contribution in [0.15, 0.2) is 126 Å². The van der Waals surface area contributed by atoms with Crippen molar-refractivity contribution in [3.63, 3.8) is 0 Å². The molecule has 3 aliphatic rings. The lowest BCUT2D eigenvalue weighted by atomic mass is 9.32. The molecular weight excluding hydrogens is 715 g/mol. The van der Waals surface area contributed by atoms with Crippen molar-refractivity contribution in [2.45, 2.75) is 111 Å². The molecule has 296 valence electrons. The number of benzene rings is 6. The Kier molecular flexibility index (Phi) is 8.17. The smallest absolute Gasteiger partial charge is 0.252 e. The molecule has 0 bridgehead atoms. The van der Waals surface area contributed by atoms with E-state index in [1.807, 2.05) is 12.1 Å². The largest absolute Gasteiger partial charge is 0.456 e. The number of nitrogens with zero attached hydrogens (tertiary/aromatic N) is 2. The van der Waals surface area contributed by atoms with E-state index < -0.39 is 0 Å². The maximum atomic E-state index is 6.37. The van der Waals surface area contributed by atoms with Crippen molar-refractivity contribution in [1.29, 1.82) is 0 Å². The van der Waals surface area contributed by atoms with Crippen LogP contribution in [0.25, 0.3) is 22.3 Å². The molecule has 4 heteroatoms. The van der Waals surface area contributed by atoms with Gasteiger partial charge in [-0.2, -0.15) is 0 Å². The van der Waals surface area contributed by atoms with Gasteiger partial charge in [-0.3, -0.25) is 0 Å². The van der Waals surface area contributed by atoms with Crippen molar-refractivity contribution in [3.8, 4) is 11.3 Å². The van der Waals surface area contributed by atoms with E-state index in [-0.39, 0.29) is 28.4 Å². The highest BCUT2D eigenvalue weighted by Gasteiger charge is 2.48. The van der Waals surface area contributed by atoms with Crippen LogP contribution in [0.4, 0.5) is 34.1 Å². The first kappa shape index (κ1) is 37.8. The second-order valence-electron chi connectivity index (χ2n) is 21.0. The van der Waals surface area contributed by atoms with Crippen molar-refractivity contribution >= 4 is 68.2 Å². The first-order chi connectivity index (χ1) is 27.9. The molecule has 6 aromatic carbocycles. The van der Waals surface area contributed by atoms with E-state index in [4.69, 9.17) is 4.42 Å². The van der Waals surface area contributed by atoms with E-state index in [9.17, 15) is 0 Å². The van der Waals surface area contributed by atoms with Crippen LogP contribution in [0.5, 0.6) is 0 Å². The number of furan rings is 1. The van der Waals surface area contributed by atoms with Gasteiger partial charge in [-0.1, -0.05) is 124 Å². The van der Waals surface area contributed by atoms with Crippen molar-refractivity contribution in [3.05, 3.63) is 149 Å². The molecule has 59 heavy (non-hydrogen) atoms. The first-order valence-electron chi connectivity index (χ1n) is 21.7. The number of anilines is 6. The minimum Gasteiger partial charge on any atom is -0.456 e. The van der Waals surface area contributed by atoms with Gasteiger partial charge in [0.15, 0.2) is 0 Å². The molecule has 10 rings (SSSR count). The Labute approximate surface area is 352 Å². The third-order valence-electron chi connectivity index (χ3n) is 13.8. The number of hydrogen-bond donors (Lipinski definition) is 0. The van der Waals surface area contributed by atoms with Gasteiger partial charge in [-0.25, -0.2) is 0 Å². The van der Waals surface area contributed by atoms with Crippen molar-refractivity contribution in [1.82, 2.24) is 0 Å². The third kappa shape index (κ3) is 5.92. The predicted octanol–water partition coefficient (Wildman–Crippen LogP) is 13.4. The second-order valence-corrected chi connectivity index (χ2v) is 21.0. The first-order valence-corrected chi connectivity index (χ1v) is 21.7.